The highest BCUT2D eigenvalue weighted by atomic mass is 16.4. The molecule has 0 radical (unpaired) electrons. The van der Waals surface area contributed by atoms with Gasteiger partial charge in [-0.2, -0.15) is 0 Å². The van der Waals surface area contributed by atoms with Crippen LogP contribution in [0.2, 0.25) is 0 Å². The Morgan fingerprint density at radius 2 is 1.23 bits per heavy atom. The average molecular weight is 316 g/mol. The van der Waals surface area contributed by atoms with Crippen molar-refractivity contribution in [1.82, 2.24) is 0 Å². The SMILES string of the molecule is CCCCCCCC(O)CC(O)CCCCCCCC(=O)O. The first kappa shape index (κ1) is 21.4. The predicted molar refractivity (Wildman–Crippen MR) is 90.0 cm³/mol. The van der Waals surface area contributed by atoms with Crippen molar-refractivity contribution in [3.8, 4) is 0 Å². The van der Waals surface area contributed by atoms with Crippen LogP contribution in [0.1, 0.15) is 96.8 Å². The maximum Gasteiger partial charge on any atom is 0.303 e. The Hall–Kier alpha value is -0.610. The molecule has 0 saturated heterocycles. The van der Waals surface area contributed by atoms with Gasteiger partial charge in [0.05, 0.1) is 12.2 Å². The third-order valence-corrected chi connectivity index (χ3v) is 4.11. The Balaban J connectivity index is 3.36. The van der Waals surface area contributed by atoms with Crippen LogP contribution < -0.4 is 0 Å². The van der Waals surface area contributed by atoms with Crippen LogP contribution >= 0.6 is 0 Å². The molecule has 0 amide bonds. The number of aliphatic carboxylic acids is 1. The summed E-state index contributed by atoms with van der Waals surface area (Å²) in [5.41, 5.74) is 0. The number of carbonyl (C=O) groups is 1. The van der Waals surface area contributed by atoms with E-state index in [1.807, 2.05) is 0 Å². The van der Waals surface area contributed by atoms with Crippen LogP contribution in [0.4, 0.5) is 0 Å². The third-order valence-electron chi connectivity index (χ3n) is 4.11. The van der Waals surface area contributed by atoms with E-state index in [-0.39, 0.29) is 12.5 Å². The fraction of sp³-hybridized carbons (Fsp3) is 0.944. The van der Waals surface area contributed by atoms with Gasteiger partial charge in [0, 0.05) is 6.42 Å². The van der Waals surface area contributed by atoms with E-state index in [0.717, 1.165) is 51.4 Å². The molecule has 0 spiro atoms. The molecule has 2 unspecified atom stereocenters. The second-order valence-electron chi connectivity index (χ2n) is 6.45. The van der Waals surface area contributed by atoms with Gasteiger partial charge in [0.2, 0.25) is 0 Å². The lowest BCUT2D eigenvalue weighted by Crippen LogP contribution is -2.17. The Kier molecular flexibility index (Phi) is 14.9. The van der Waals surface area contributed by atoms with Crippen molar-refractivity contribution in [2.75, 3.05) is 0 Å². The fourth-order valence-electron chi connectivity index (χ4n) is 2.72. The number of carboxylic acids is 1. The second-order valence-corrected chi connectivity index (χ2v) is 6.45. The van der Waals surface area contributed by atoms with Crippen molar-refractivity contribution >= 4 is 5.97 Å². The van der Waals surface area contributed by atoms with Gasteiger partial charge in [0.15, 0.2) is 0 Å². The summed E-state index contributed by atoms with van der Waals surface area (Å²) in [5, 5.41) is 28.3. The van der Waals surface area contributed by atoms with E-state index < -0.39 is 12.1 Å². The molecule has 0 saturated carbocycles. The number of carboxylic acid groups (broad SMARTS) is 1. The lowest BCUT2D eigenvalue weighted by Gasteiger charge is -2.15. The molecule has 0 aliphatic rings. The lowest BCUT2D eigenvalue weighted by molar-refractivity contribution is -0.137. The zero-order chi connectivity index (χ0) is 16.6. The van der Waals surface area contributed by atoms with Crippen LogP contribution in [-0.4, -0.2) is 33.5 Å². The zero-order valence-corrected chi connectivity index (χ0v) is 14.3. The number of unbranched alkanes of at least 4 members (excludes halogenated alkanes) is 8. The number of aliphatic hydroxyl groups is 2. The predicted octanol–water partition coefficient (Wildman–Crippen LogP) is 4.27. The fourth-order valence-corrected chi connectivity index (χ4v) is 2.72. The molecule has 3 N–H and O–H groups in total. The summed E-state index contributed by atoms with van der Waals surface area (Å²) < 4.78 is 0. The largest absolute Gasteiger partial charge is 0.481 e. The van der Waals surface area contributed by atoms with Crippen LogP contribution in [0, 0.1) is 0 Å². The Morgan fingerprint density at radius 1 is 0.773 bits per heavy atom. The molecular weight excluding hydrogens is 280 g/mol. The molecule has 132 valence electrons. The first-order valence-corrected chi connectivity index (χ1v) is 9.14. The van der Waals surface area contributed by atoms with E-state index >= 15 is 0 Å². The highest BCUT2D eigenvalue weighted by Gasteiger charge is 2.11. The van der Waals surface area contributed by atoms with E-state index in [4.69, 9.17) is 5.11 Å². The number of hydrogen-bond acceptors (Lipinski definition) is 3. The first-order chi connectivity index (χ1) is 10.6. The molecule has 0 fully saturated rings. The van der Waals surface area contributed by atoms with Gasteiger partial charge in [-0.25, -0.2) is 0 Å². The summed E-state index contributed by atoms with van der Waals surface area (Å²) in [5.74, 6) is -0.723. The van der Waals surface area contributed by atoms with Gasteiger partial charge in [-0.3, -0.25) is 4.79 Å². The molecule has 0 aliphatic carbocycles. The van der Waals surface area contributed by atoms with Gasteiger partial charge in [-0.05, 0) is 25.7 Å². The van der Waals surface area contributed by atoms with Crippen LogP contribution in [0.25, 0.3) is 0 Å². The molecule has 0 bridgehead atoms. The molecule has 0 rings (SSSR count). The van der Waals surface area contributed by atoms with Crippen LogP contribution in [0.3, 0.4) is 0 Å². The van der Waals surface area contributed by atoms with Crippen LogP contribution in [-0.2, 0) is 4.79 Å². The topological polar surface area (TPSA) is 77.8 Å². The van der Waals surface area contributed by atoms with Crippen LogP contribution in [0.15, 0.2) is 0 Å². The number of aliphatic hydroxyl groups excluding tert-OH is 2. The molecule has 0 aliphatic heterocycles. The molecule has 0 aromatic heterocycles. The Bertz CT molecular complexity index is 255. The molecular formula is C18H36O4. The van der Waals surface area contributed by atoms with E-state index in [1.54, 1.807) is 0 Å². The van der Waals surface area contributed by atoms with Gasteiger partial charge in [-0.15, -0.1) is 0 Å². The van der Waals surface area contributed by atoms with Crippen molar-refractivity contribution in [2.45, 2.75) is 109 Å². The quantitative estimate of drug-likeness (QED) is 0.371. The van der Waals surface area contributed by atoms with E-state index in [0.29, 0.717) is 6.42 Å². The Morgan fingerprint density at radius 3 is 1.73 bits per heavy atom. The zero-order valence-electron chi connectivity index (χ0n) is 14.3. The van der Waals surface area contributed by atoms with Gasteiger partial charge < -0.3 is 15.3 Å². The smallest absolute Gasteiger partial charge is 0.303 e. The van der Waals surface area contributed by atoms with Crippen molar-refractivity contribution in [3.05, 3.63) is 0 Å². The summed E-state index contributed by atoms with van der Waals surface area (Å²) in [6.45, 7) is 2.19. The minimum Gasteiger partial charge on any atom is -0.481 e. The standard InChI is InChI=1S/C18H36O4/c1-2-3-4-6-9-12-16(19)15-17(20)13-10-7-5-8-11-14-18(21)22/h16-17,19-20H,2-15H2,1H3,(H,21,22). The number of hydrogen-bond donors (Lipinski definition) is 3. The monoisotopic (exact) mass is 316 g/mol. The third kappa shape index (κ3) is 15.8. The van der Waals surface area contributed by atoms with Crippen molar-refractivity contribution in [2.24, 2.45) is 0 Å². The summed E-state index contributed by atoms with van der Waals surface area (Å²) >= 11 is 0. The Labute approximate surface area is 135 Å². The molecule has 0 aromatic rings. The minimum absolute atomic E-state index is 0.257. The van der Waals surface area contributed by atoms with E-state index in [9.17, 15) is 15.0 Å². The summed E-state index contributed by atoms with van der Waals surface area (Å²) in [7, 11) is 0. The van der Waals surface area contributed by atoms with E-state index in [2.05, 4.69) is 6.92 Å². The first-order valence-electron chi connectivity index (χ1n) is 9.14. The number of rotatable bonds is 16. The molecule has 2 atom stereocenters. The average Bonchev–Trinajstić information content (AvgIpc) is 2.45. The van der Waals surface area contributed by atoms with Crippen molar-refractivity contribution < 1.29 is 20.1 Å². The van der Waals surface area contributed by atoms with Crippen LogP contribution in [0.5, 0.6) is 0 Å². The van der Waals surface area contributed by atoms with Gasteiger partial charge in [-0.1, -0.05) is 64.7 Å². The van der Waals surface area contributed by atoms with Gasteiger partial charge in [0.1, 0.15) is 0 Å². The molecule has 0 heterocycles. The molecule has 4 heteroatoms. The normalized spacial score (nSPS) is 14.0. The van der Waals surface area contributed by atoms with Crippen molar-refractivity contribution in [3.63, 3.8) is 0 Å². The second kappa shape index (κ2) is 15.3. The van der Waals surface area contributed by atoms with Gasteiger partial charge >= 0.3 is 5.97 Å². The molecule has 0 aromatic carbocycles. The summed E-state index contributed by atoms with van der Waals surface area (Å²) in [6, 6.07) is 0. The minimum atomic E-state index is -0.723. The molecule has 4 nitrogen and oxygen atoms in total. The van der Waals surface area contributed by atoms with Gasteiger partial charge in [0.25, 0.3) is 0 Å². The summed E-state index contributed by atoms with van der Waals surface area (Å²) in [6.07, 6.45) is 12.2. The maximum absolute atomic E-state index is 10.4. The van der Waals surface area contributed by atoms with E-state index in [1.165, 1.54) is 25.7 Å². The highest BCUT2D eigenvalue weighted by molar-refractivity contribution is 5.66. The molecule has 22 heavy (non-hydrogen) atoms. The summed E-state index contributed by atoms with van der Waals surface area (Å²) in [4.78, 5) is 10.4. The van der Waals surface area contributed by atoms with Crippen molar-refractivity contribution in [1.29, 1.82) is 0 Å². The maximum atomic E-state index is 10.4. The highest BCUT2D eigenvalue weighted by Crippen LogP contribution is 2.15. The lowest BCUT2D eigenvalue weighted by atomic mass is 10.00.